The second-order valence-electron chi connectivity index (χ2n) is 4.05. The van der Waals surface area contributed by atoms with E-state index in [1.54, 1.807) is 6.07 Å². The smallest absolute Gasteiger partial charge is 0.325 e. The van der Waals surface area contributed by atoms with Gasteiger partial charge in [0.05, 0.1) is 6.61 Å². The molecule has 0 saturated carbocycles. The van der Waals surface area contributed by atoms with E-state index < -0.39 is 12.0 Å². The fourth-order valence-electron chi connectivity index (χ4n) is 1.95. The predicted molar refractivity (Wildman–Crippen MR) is 59.2 cm³/mol. The van der Waals surface area contributed by atoms with Gasteiger partial charge in [0.15, 0.2) is 0 Å². The molecule has 1 aliphatic rings. The van der Waals surface area contributed by atoms with E-state index in [9.17, 15) is 4.79 Å². The summed E-state index contributed by atoms with van der Waals surface area (Å²) in [5.74, 6) is -0.624. The lowest BCUT2D eigenvalue weighted by atomic mass is 9.95. The summed E-state index contributed by atoms with van der Waals surface area (Å²) in [7, 11) is 0. The molecule has 4 nitrogen and oxygen atoms in total. The Labute approximate surface area is 94.0 Å². The van der Waals surface area contributed by atoms with Crippen LogP contribution in [-0.4, -0.2) is 24.3 Å². The number of ether oxygens (including phenoxy) is 1. The van der Waals surface area contributed by atoms with Crippen molar-refractivity contribution in [3.8, 4) is 0 Å². The summed E-state index contributed by atoms with van der Waals surface area (Å²) in [5, 5.41) is 8.84. The van der Waals surface area contributed by atoms with Gasteiger partial charge >= 0.3 is 5.97 Å². The first-order valence-electron chi connectivity index (χ1n) is 5.34. The number of hydrogen-bond donors (Lipinski definition) is 2. The zero-order valence-electron chi connectivity index (χ0n) is 8.93. The molecule has 0 radical (unpaired) electrons. The number of aliphatic carboxylic acids is 1. The Morgan fingerprint density at radius 1 is 1.56 bits per heavy atom. The first kappa shape index (κ1) is 11.1. The molecule has 1 aliphatic heterocycles. The van der Waals surface area contributed by atoms with E-state index in [1.165, 1.54) is 0 Å². The summed E-state index contributed by atoms with van der Waals surface area (Å²) in [6.45, 7) is 1.49. The maximum Gasteiger partial charge on any atom is 0.325 e. The Morgan fingerprint density at radius 3 is 3.00 bits per heavy atom. The van der Waals surface area contributed by atoms with Crippen LogP contribution in [0.2, 0.25) is 0 Å². The van der Waals surface area contributed by atoms with E-state index in [-0.39, 0.29) is 0 Å². The minimum Gasteiger partial charge on any atom is -0.480 e. The molecule has 2 unspecified atom stereocenters. The molecule has 0 aliphatic carbocycles. The SMILES string of the molecule is NC(C(=O)O)c1cccc(C2CCOC2)c1. The Morgan fingerprint density at radius 2 is 2.38 bits per heavy atom. The first-order valence-corrected chi connectivity index (χ1v) is 5.34. The Bertz CT molecular complexity index is 386. The molecule has 4 heteroatoms. The highest BCUT2D eigenvalue weighted by Gasteiger charge is 2.20. The van der Waals surface area contributed by atoms with Gasteiger partial charge in [0.2, 0.25) is 0 Å². The number of carboxylic acid groups (broad SMARTS) is 1. The van der Waals surface area contributed by atoms with Crippen LogP contribution in [0.3, 0.4) is 0 Å². The van der Waals surface area contributed by atoms with E-state index in [0.29, 0.717) is 18.1 Å². The number of benzene rings is 1. The summed E-state index contributed by atoms with van der Waals surface area (Å²) >= 11 is 0. The van der Waals surface area contributed by atoms with Crippen molar-refractivity contribution in [1.82, 2.24) is 0 Å². The zero-order valence-corrected chi connectivity index (χ0v) is 8.93. The molecule has 16 heavy (non-hydrogen) atoms. The lowest BCUT2D eigenvalue weighted by Gasteiger charge is -2.12. The molecule has 1 saturated heterocycles. The van der Waals surface area contributed by atoms with E-state index >= 15 is 0 Å². The third-order valence-electron chi connectivity index (χ3n) is 2.94. The largest absolute Gasteiger partial charge is 0.480 e. The van der Waals surface area contributed by atoms with Crippen LogP contribution < -0.4 is 5.73 Å². The number of carbonyl (C=O) groups is 1. The van der Waals surface area contributed by atoms with Crippen LogP contribution in [0.5, 0.6) is 0 Å². The molecule has 0 spiro atoms. The molecule has 0 bridgehead atoms. The third kappa shape index (κ3) is 2.23. The maximum absolute atomic E-state index is 10.8. The fourth-order valence-corrected chi connectivity index (χ4v) is 1.95. The number of carboxylic acids is 1. The average Bonchev–Trinajstić information content (AvgIpc) is 2.81. The van der Waals surface area contributed by atoms with Gasteiger partial charge in [-0.1, -0.05) is 24.3 Å². The number of hydrogen-bond acceptors (Lipinski definition) is 3. The zero-order chi connectivity index (χ0) is 11.5. The van der Waals surface area contributed by atoms with Gasteiger partial charge in [-0.3, -0.25) is 4.79 Å². The summed E-state index contributed by atoms with van der Waals surface area (Å²) < 4.78 is 5.31. The molecule has 0 amide bonds. The second kappa shape index (κ2) is 4.63. The number of rotatable bonds is 3. The topological polar surface area (TPSA) is 72.6 Å². The van der Waals surface area contributed by atoms with Crippen molar-refractivity contribution in [3.63, 3.8) is 0 Å². The fraction of sp³-hybridized carbons (Fsp3) is 0.417. The highest BCUT2D eigenvalue weighted by Crippen LogP contribution is 2.26. The van der Waals surface area contributed by atoms with Crippen molar-refractivity contribution >= 4 is 5.97 Å². The predicted octanol–water partition coefficient (Wildman–Crippen LogP) is 1.27. The van der Waals surface area contributed by atoms with Gasteiger partial charge in [0.1, 0.15) is 6.04 Å². The average molecular weight is 221 g/mol. The first-order chi connectivity index (χ1) is 7.68. The van der Waals surface area contributed by atoms with Gasteiger partial charge < -0.3 is 15.6 Å². The molecular formula is C12H15NO3. The Hall–Kier alpha value is -1.39. The van der Waals surface area contributed by atoms with Crippen LogP contribution in [0.25, 0.3) is 0 Å². The Kier molecular flexibility index (Phi) is 3.22. The summed E-state index contributed by atoms with van der Waals surface area (Å²) in [5.41, 5.74) is 7.34. The minimum atomic E-state index is -1.00. The van der Waals surface area contributed by atoms with Gasteiger partial charge in [-0.05, 0) is 17.5 Å². The van der Waals surface area contributed by atoms with Gasteiger partial charge in [0, 0.05) is 12.5 Å². The van der Waals surface area contributed by atoms with Gasteiger partial charge in [0.25, 0.3) is 0 Å². The molecule has 3 N–H and O–H groups in total. The summed E-state index contributed by atoms with van der Waals surface area (Å²) in [4.78, 5) is 10.8. The van der Waals surface area contributed by atoms with Gasteiger partial charge in [-0.25, -0.2) is 0 Å². The summed E-state index contributed by atoms with van der Waals surface area (Å²) in [6.07, 6.45) is 0.992. The van der Waals surface area contributed by atoms with Crippen molar-refractivity contribution in [3.05, 3.63) is 35.4 Å². The van der Waals surface area contributed by atoms with Crippen LogP contribution in [0.15, 0.2) is 24.3 Å². The monoisotopic (exact) mass is 221 g/mol. The minimum absolute atomic E-state index is 0.376. The number of nitrogens with two attached hydrogens (primary N) is 1. The molecular weight excluding hydrogens is 206 g/mol. The highest BCUT2D eigenvalue weighted by atomic mass is 16.5. The molecule has 1 fully saturated rings. The van der Waals surface area contributed by atoms with Crippen LogP contribution in [0.4, 0.5) is 0 Å². The molecule has 0 aromatic heterocycles. The van der Waals surface area contributed by atoms with Crippen molar-refractivity contribution in [1.29, 1.82) is 0 Å². The van der Waals surface area contributed by atoms with Crippen molar-refractivity contribution in [2.24, 2.45) is 5.73 Å². The lowest BCUT2D eigenvalue weighted by Crippen LogP contribution is -2.20. The maximum atomic E-state index is 10.8. The summed E-state index contributed by atoms with van der Waals surface area (Å²) in [6, 6.07) is 6.53. The standard InChI is InChI=1S/C12H15NO3/c13-11(12(14)15)9-3-1-2-8(6-9)10-4-5-16-7-10/h1-3,6,10-11H,4-5,7,13H2,(H,14,15). The van der Waals surface area contributed by atoms with Crippen molar-refractivity contribution < 1.29 is 14.6 Å². The molecule has 2 atom stereocenters. The third-order valence-corrected chi connectivity index (χ3v) is 2.94. The lowest BCUT2D eigenvalue weighted by molar-refractivity contribution is -0.138. The normalized spacial score (nSPS) is 21.9. The molecule has 1 heterocycles. The van der Waals surface area contributed by atoms with Crippen molar-refractivity contribution in [2.75, 3.05) is 13.2 Å². The van der Waals surface area contributed by atoms with Crippen LogP contribution in [-0.2, 0) is 9.53 Å². The van der Waals surface area contributed by atoms with Crippen LogP contribution >= 0.6 is 0 Å². The highest BCUT2D eigenvalue weighted by molar-refractivity contribution is 5.75. The van der Waals surface area contributed by atoms with Gasteiger partial charge in [-0.15, -0.1) is 0 Å². The molecule has 86 valence electrons. The molecule has 2 rings (SSSR count). The van der Waals surface area contributed by atoms with E-state index in [2.05, 4.69) is 0 Å². The van der Waals surface area contributed by atoms with Gasteiger partial charge in [-0.2, -0.15) is 0 Å². The van der Waals surface area contributed by atoms with E-state index in [1.807, 2.05) is 18.2 Å². The van der Waals surface area contributed by atoms with E-state index in [0.717, 1.165) is 18.6 Å². The second-order valence-corrected chi connectivity index (χ2v) is 4.05. The Balaban J connectivity index is 2.21. The van der Waals surface area contributed by atoms with Crippen molar-refractivity contribution in [2.45, 2.75) is 18.4 Å². The van der Waals surface area contributed by atoms with Crippen LogP contribution in [0, 0.1) is 0 Å². The van der Waals surface area contributed by atoms with Crippen LogP contribution in [0.1, 0.15) is 29.5 Å². The van der Waals surface area contributed by atoms with E-state index in [4.69, 9.17) is 15.6 Å². The molecule has 1 aromatic carbocycles. The molecule has 1 aromatic rings. The quantitative estimate of drug-likeness (QED) is 0.806.